The van der Waals surface area contributed by atoms with Crippen molar-refractivity contribution in [1.29, 1.82) is 0 Å². The minimum Gasteiger partial charge on any atom is -0.345 e. The van der Waals surface area contributed by atoms with E-state index < -0.39 is 0 Å². The lowest BCUT2D eigenvalue weighted by molar-refractivity contribution is 0.0826. The molecule has 1 heterocycles. The summed E-state index contributed by atoms with van der Waals surface area (Å²) in [6, 6.07) is 1.62. The van der Waals surface area contributed by atoms with Crippen LogP contribution in [0.25, 0.3) is 0 Å². The maximum absolute atomic E-state index is 11.5. The van der Waals surface area contributed by atoms with E-state index in [9.17, 15) is 9.59 Å². The van der Waals surface area contributed by atoms with E-state index in [0.717, 1.165) is 11.3 Å². The summed E-state index contributed by atoms with van der Waals surface area (Å²) in [6.07, 6.45) is 0. The van der Waals surface area contributed by atoms with Gasteiger partial charge in [0.25, 0.3) is 11.5 Å². The standard InChI is InChI=1S/C10H14N2O2/c1-6-5-8(10(14)12(3)4)9(13)11-7(6)2/h5H,1-4H3,(H,11,13). The minimum absolute atomic E-state index is 0.193. The number of carbonyl (C=O) groups excluding carboxylic acids is 1. The average Bonchev–Trinajstić information content (AvgIpc) is 2.10. The number of H-pyrrole nitrogens is 1. The van der Waals surface area contributed by atoms with E-state index in [2.05, 4.69) is 4.98 Å². The van der Waals surface area contributed by atoms with Gasteiger partial charge in [-0.25, -0.2) is 0 Å². The van der Waals surface area contributed by atoms with Crippen molar-refractivity contribution in [2.75, 3.05) is 14.1 Å². The van der Waals surface area contributed by atoms with Crippen molar-refractivity contribution in [3.8, 4) is 0 Å². The van der Waals surface area contributed by atoms with Crippen molar-refractivity contribution >= 4 is 5.91 Å². The van der Waals surface area contributed by atoms with Crippen LogP contribution in [0.4, 0.5) is 0 Å². The Morgan fingerprint density at radius 2 is 1.93 bits per heavy atom. The zero-order chi connectivity index (χ0) is 10.9. The van der Waals surface area contributed by atoms with Crippen molar-refractivity contribution in [1.82, 2.24) is 9.88 Å². The maximum Gasteiger partial charge on any atom is 0.261 e. The van der Waals surface area contributed by atoms with Crippen LogP contribution in [0.1, 0.15) is 21.6 Å². The van der Waals surface area contributed by atoms with Gasteiger partial charge in [-0.3, -0.25) is 9.59 Å². The summed E-state index contributed by atoms with van der Waals surface area (Å²) in [7, 11) is 3.24. The number of rotatable bonds is 1. The highest BCUT2D eigenvalue weighted by Crippen LogP contribution is 2.03. The van der Waals surface area contributed by atoms with E-state index in [1.165, 1.54) is 4.90 Å². The summed E-state index contributed by atoms with van der Waals surface area (Å²) in [5.41, 5.74) is 1.57. The second-order valence-electron chi connectivity index (χ2n) is 3.52. The van der Waals surface area contributed by atoms with E-state index >= 15 is 0 Å². The van der Waals surface area contributed by atoms with Crippen LogP contribution < -0.4 is 5.56 Å². The molecule has 76 valence electrons. The number of aromatic amines is 1. The summed E-state index contributed by atoms with van der Waals surface area (Å²) in [5.74, 6) is -0.269. The van der Waals surface area contributed by atoms with Gasteiger partial charge < -0.3 is 9.88 Å². The Labute approximate surface area is 82.6 Å². The summed E-state index contributed by atoms with van der Waals surface area (Å²) < 4.78 is 0. The molecule has 1 aromatic rings. The van der Waals surface area contributed by atoms with Crippen LogP contribution in [0.15, 0.2) is 10.9 Å². The molecule has 0 saturated heterocycles. The molecule has 0 atom stereocenters. The first-order chi connectivity index (χ1) is 6.43. The molecule has 0 radical (unpaired) electrons. The Hall–Kier alpha value is -1.58. The fourth-order valence-electron chi connectivity index (χ4n) is 1.13. The molecule has 1 aromatic heterocycles. The van der Waals surface area contributed by atoms with E-state index in [-0.39, 0.29) is 17.0 Å². The van der Waals surface area contributed by atoms with Gasteiger partial charge in [-0.15, -0.1) is 0 Å². The number of aromatic nitrogens is 1. The average molecular weight is 194 g/mol. The molecule has 4 heteroatoms. The molecule has 1 rings (SSSR count). The highest BCUT2D eigenvalue weighted by atomic mass is 16.2. The van der Waals surface area contributed by atoms with Crippen LogP contribution in [0.3, 0.4) is 0 Å². The Morgan fingerprint density at radius 1 is 1.36 bits per heavy atom. The molecule has 0 fully saturated rings. The van der Waals surface area contributed by atoms with E-state index in [0.29, 0.717) is 0 Å². The minimum atomic E-state index is -0.327. The Balaban J connectivity index is 3.30. The predicted octanol–water partition coefficient (Wildman–Crippen LogP) is 0.694. The molecule has 0 aliphatic carbocycles. The fraction of sp³-hybridized carbons (Fsp3) is 0.400. The van der Waals surface area contributed by atoms with Gasteiger partial charge >= 0.3 is 0 Å². The molecule has 0 spiro atoms. The van der Waals surface area contributed by atoms with E-state index in [1.807, 2.05) is 6.92 Å². The molecule has 0 unspecified atom stereocenters. The number of pyridine rings is 1. The number of nitrogens with zero attached hydrogens (tertiary/aromatic N) is 1. The largest absolute Gasteiger partial charge is 0.345 e. The van der Waals surface area contributed by atoms with Crippen molar-refractivity contribution in [2.45, 2.75) is 13.8 Å². The van der Waals surface area contributed by atoms with Crippen LogP contribution in [0, 0.1) is 13.8 Å². The summed E-state index contributed by atoms with van der Waals surface area (Å²) in [5, 5.41) is 0. The lowest BCUT2D eigenvalue weighted by atomic mass is 10.1. The first-order valence-electron chi connectivity index (χ1n) is 4.35. The summed E-state index contributed by atoms with van der Waals surface area (Å²) >= 11 is 0. The van der Waals surface area contributed by atoms with Crippen molar-refractivity contribution in [3.63, 3.8) is 0 Å². The molecule has 0 bridgehead atoms. The molecule has 4 nitrogen and oxygen atoms in total. The molecule has 0 aliphatic rings. The van der Waals surface area contributed by atoms with Crippen LogP contribution in [-0.4, -0.2) is 29.9 Å². The number of hydrogen-bond acceptors (Lipinski definition) is 2. The number of hydrogen-bond donors (Lipinski definition) is 1. The van der Waals surface area contributed by atoms with Gasteiger partial charge in [-0.05, 0) is 25.5 Å². The fourth-order valence-corrected chi connectivity index (χ4v) is 1.13. The Bertz CT molecular complexity index is 419. The predicted molar refractivity (Wildman–Crippen MR) is 54.6 cm³/mol. The monoisotopic (exact) mass is 194 g/mol. The van der Waals surface area contributed by atoms with Gasteiger partial charge in [0.15, 0.2) is 0 Å². The Morgan fingerprint density at radius 3 is 2.43 bits per heavy atom. The highest BCUT2D eigenvalue weighted by Gasteiger charge is 2.13. The zero-order valence-corrected chi connectivity index (χ0v) is 8.84. The highest BCUT2D eigenvalue weighted by molar-refractivity contribution is 5.93. The third kappa shape index (κ3) is 1.84. The van der Waals surface area contributed by atoms with Crippen molar-refractivity contribution in [2.24, 2.45) is 0 Å². The second-order valence-corrected chi connectivity index (χ2v) is 3.52. The maximum atomic E-state index is 11.5. The van der Waals surface area contributed by atoms with E-state index in [1.54, 1.807) is 27.1 Å². The number of carbonyl (C=O) groups is 1. The first kappa shape index (κ1) is 10.5. The van der Waals surface area contributed by atoms with Crippen molar-refractivity contribution < 1.29 is 4.79 Å². The van der Waals surface area contributed by atoms with E-state index in [4.69, 9.17) is 0 Å². The van der Waals surface area contributed by atoms with Crippen LogP contribution >= 0.6 is 0 Å². The van der Waals surface area contributed by atoms with Gasteiger partial charge in [0.05, 0.1) is 0 Å². The lowest BCUT2D eigenvalue weighted by Gasteiger charge is -2.10. The van der Waals surface area contributed by atoms with Gasteiger partial charge in [-0.2, -0.15) is 0 Å². The van der Waals surface area contributed by atoms with Gasteiger partial charge in [0.2, 0.25) is 0 Å². The second kappa shape index (κ2) is 3.65. The summed E-state index contributed by atoms with van der Waals surface area (Å²) in [6.45, 7) is 3.67. The summed E-state index contributed by atoms with van der Waals surface area (Å²) in [4.78, 5) is 27.0. The SMILES string of the molecule is Cc1cc(C(=O)N(C)C)c(=O)[nH]c1C. The third-order valence-corrected chi connectivity index (χ3v) is 2.13. The zero-order valence-electron chi connectivity index (χ0n) is 8.84. The van der Waals surface area contributed by atoms with Gasteiger partial charge in [0.1, 0.15) is 5.56 Å². The smallest absolute Gasteiger partial charge is 0.261 e. The first-order valence-corrected chi connectivity index (χ1v) is 4.35. The van der Waals surface area contributed by atoms with Crippen LogP contribution in [0.5, 0.6) is 0 Å². The van der Waals surface area contributed by atoms with Crippen LogP contribution in [0.2, 0.25) is 0 Å². The molecule has 14 heavy (non-hydrogen) atoms. The molecule has 1 N–H and O–H groups in total. The number of nitrogens with one attached hydrogen (secondary N) is 1. The lowest BCUT2D eigenvalue weighted by Crippen LogP contribution is -2.29. The topological polar surface area (TPSA) is 53.2 Å². The Kier molecular flexibility index (Phi) is 2.74. The third-order valence-electron chi connectivity index (χ3n) is 2.13. The van der Waals surface area contributed by atoms with Crippen molar-refractivity contribution in [3.05, 3.63) is 33.2 Å². The molecule has 0 aromatic carbocycles. The normalized spacial score (nSPS) is 10.0. The molecule has 0 saturated carbocycles. The number of amides is 1. The van der Waals surface area contributed by atoms with Crippen LogP contribution in [-0.2, 0) is 0 Å². The molecular weight excluding hydrogens is 180 g/mol. The molecule has 1 amide bonds. The number of aryl methyl sites for hydroxylation is 2. The molecule has 0 aliphatic heterocycles. The molecular formula is C10H14N2O2. The van der Waals surface area contributed by atoms with Gasteiger partial charge in [0, 0.05) is 19.8 Å². The van der Waals surface area contributed by atoms with Gasteiger partial charge in [-0.1, -0.05) is 0 Å². The quantitative estimate of drug-likeness (QED) is 0.715.